The number of hydrogen-bond acceptors (Lipinski definition) is 6. The maximum atomic E-state index is 12.6. The van der Waals surface area contributed by atoms with E-state index in [1.165, 1.54) is 23.5 Å². The Hall–Kier alpha value is -1.67. The summed E-state index contributed by atoms with van der Waals surface area (Å²) in [5, 5.41) is 3.03. The highest BCUT2D eigenvalue weighted by Crippen LogP contribution is 2.43. The quantitative estimate of drug-likeness (QED) is 0.599. The number of carbonyl (C=O) groups is 1. The summed E-state index contributed by atoms with van der Waals surface area (Å²) >= 11 is 4.01. The van der Waals surface area contributed by atoms with E-state index < -0.39 is 0 Å². The molecule has 1 N–H and O–H groups in total. The standard InChI is InChI=1S/C25H32N2O3S2/c1-18-14-27(15-19(2)30-18)16-21-6-3-4-7-23(21)26-24(28)17-29-22-10-8-20(9-11-22)25-31-12-5-13-32-25/h3-4,6-11,18-19,25H,5,12-17H2,1-2H3,(H,26,28). The molecule has 2 unspecified atom stereocenters. The van der Waals surface area contributed by atoms with Crippen LogP contribution in [0, 0.1) is 0 Å². The van der Waals surface area contributed by atoms with Crippen LogP contribution in [0.5, 0.6) is 5.75 Å². The zero-order valence-electron chi connectivity index (χ0n) is 18.8. The highest BCUT2D eigenvalue weighted by atomic mass is 32.2. The van der Waals surface area contributed by atoms with Gasteiger partial charge in [-0.3, -0.25) is 9.69 Å². The first-order chi connectivity index (χ1) is 15.6. The molecule has 2 saturated heterocycles. The smallest absolute Gasteiger partial charge is 0.262 e. The molecule has 4 rings (SSSR count). The van der Waals surface area contributed by atoms with Crippen LogP contribution in [0.4, 0.5) is 5.69 Å². The Balaban J connectivity index is 1.29. The highest BCUT2D eigenvalue weighted by molar-refractivity contribution is 8.16. The van der Waals surface area contributed by atoms with Gasteiger partial charge in [0.25, 0.3) is 5.91 Å². The van der Waals surface area contributed by atoms with Gasteiger partial charge in [-0.15, -0.1) is 23.5 Å². The van der Waals surface area contributed by atoms with Crippen molar-refractivity contribution in [2.75, 3.05) is 36.5 Å². The summed E-state index contributed by atoms with van der Waals surface area (Å²) in [6.07, 6.45) is 1.72. The summed E-state index contributed by atoms with van der Waals surface area (Å²) in [5.74, 6) is 3.02. The molecule has 0 saturated carbocycles. The number of benzene rings is 2. The van der Waals surface area contributed by atoms with Crippen molar-refractivity contribution < 1.29 is 14.3 Å². The molecular weight excluding hydrogens is 440 g/mol. The summed E-state index contributed by atoms with van der Waals surface area (Å²) in [6.45, 7) is 6.77. The van der Waals surface area contributed by atoms with Gasteiger partial charge in [-0.05, 0) is 61.1 Å². The molecule has 2 aromatic carbocycles. The summed E-state index contributed by atoms with van der Waals surface area (Å²) in [6, 6.07) is 16.1. The van der Waals surface area contributed by atoms with Crippen molar-refractivity contribution in [1.82, 2.24) is 4.90 Å². The fraction of sp³-hybridized carbons (Fsp3) is 0.480. The molecule has 2 atom stereocenters. The van der Waals surface area contributed by atoms with Crippen LogP contribution >= 0.6 is 23.5 Å². The molecule has 1 amide bonds. The van der Waals surface area contributed by atoms with E-state index in [0.29, 0.717) is 4.58 Å². The number of hydrogen-bond donors (Lipinski definition) is 1. The number of morpholine rings is 1. The van der Waals surface area contributed by atoms with Gasteiger partial charge in [0.05, 0.1) is 16.8 Å². The Labute approximate surface area is 199 Å². The Morgan fingerprint density at radius 3 is 2.47 bits per heavy atom. The first kappa shape index (κ1) is 23.5. The van der Waals surface area contributed by atoms with Crippen LogP contribution in [-0.2, 0) is 16.1 Å². The topological polar surface area (TPSA) is 50.8 Å². The fourth-order valence-corrected chi connectivity index (χ4v) is 7.07. The SMILES string of the molecule is CC1CN(Cc2ccccc2NC(=O)COc2ccc(C3SCCCS3)cc2)CC(C)O1. The first-order valence-corrected chi connectivity index (χ1v) is 13.4. The first-order valence-electron chi connectivity index (χ1n) is 11.3. The average molecular weight is 473 g/mol. The lowest BCUT2D eigenvalue weighted by atomic mass is 10.1. The lowest BCUT2D eigenvalue weighted by Crippen LogP contribution is -2.44. The molecule has 0 aliphatic carbocycles. The third-order valence-corrected chi connectivity index (χ3v) is 8.55. The second kappa shape index (κ2) is 11.5. The van der Waals surface area contributed by atoms with Crippen LogP contribution in [0.3, 0.4) is 0 Å². The second-order valence-electron chi connectivity index (χ2n) is 8.44. The maximum Gasteiger partial charge on any atom is 0.262 e. The van der Waals surface area contributed by atoms with Gasteiger partial charge in [0, 0.05) is 25.3 Å². The lowest BCUT2D eigenvalue weighted by molar-refractivity contribution is -0.118. The van der Waals surface area contributed by atoms with Crippen molar-refractivity contribution in [3.8, 4) is 5.75 Å². The van der Waals surface area contributed by atoms with E-state index in [4.69, 9.17) is 9.47 Å². The largest absolute Gasteiger partial charge is 0.484 e. The number of ether oxygens (including phenoxy) is 2. The molecule has 32 heavy (non-hydrogen) atoms. The summed E-state index contributed by atoms with van der Waals surface area (Å²) in [5.41, 5.74) is 3.26. The van der Waals surface area contributed by atoms with E-state index >= 15 is 0 Å². The minimum absolute atomic E-state index is 0.00771. The number of amides is 1. The van der Waals surface area contributed by atoms with Gasteiger partial charge < -0.3 is 14.8 Å². The number of para-hydroxylation sites is 1. The zero-order chi connectivity index (χ0) is 22.3. The number of anilines is 1. The predicted octanol–water partition coefficient (Wildman–Crippen LogP) is 5.18. The van der Waals surface area contributed by atoms with E-state index in [2.05, 4.69) is 42.3 Å². The van der Waals surface area contributed by atoms with Crippen molar-refractivity contribution >= 4 is 35.1 Å². The van der Waals surface area contributed by atoms with Crippen LogP contribution in [0.2, 0.25) is 0 Å². The van der Waals surface area contributed by atoms with Gasteiger partial charge in [0.1, 0.15) is 5.75 Å². The van der Waals surface area contributed by atoms with Crippen LogP contribution < -0.4 is 10.1 Å². The van der Waals surface area contributed by atoms with E-state index in [0.717, 1.165) is 36.6 Å². The molecule has 0 aromatic heterocycles. The number of carbonyl (C=O) groups excluding carboxylic acids is 1. The van der Waals surface area contributed by atoms with Gasteiger partial charge in [-0.25, -0.2) is 0 Å². The summed E-state index contributed by atoms with van der Waals surface area (Å²) in [4.78, 5) is 15.0. The molecular formula is C25H32N2O3S2. The van der Waals surface area contributed by atoms with Gasteiger partial charge >= 0.3 is 0 Å². The minimum atomic E-state index is -0.149. The second-order valence-corrected chi connectivity index (χ2v) is 11.2. The van der Waals surface area contributed by atoms with E-state index in [-0.39, 0.29) is 24.7 Å². The Bertz CT molecular complexity index is 877. The van der Waals surface area contributed by atoms with Crippen molar-refractivity contribution in [2.24, 2.45) is 0 Å². The van der Waals surface area contributed by atoms with Crippen LogP contribution in [0.1, 0.15) is 36.0 Å². The fourth-order valence-electron chi connectivity index (χ4n) is 4.17. The molecule has 5 nitrogen and oxygen atoms in total. The molecule has 2 aliphatic rings. The van der Waals surface area contributed by atoms with Crippen molar-refractivity contribution in [3.05, 3.63) is 59.7 Å². The van der Waals surface area contributed by atoms with Gasteiger partial charge in [-0.1, -0.05) is 30.3 Å². The number of thioether (sulfide) groups is 2. The highest BCUT2D eigenvalue weighted by Gasteiger charge is 2.23. The molecule has 2 aliphatic heterocycles. The summed E-state index contributed by atoms with van der Waals surface area (Å²) in [7, 11) is 0. The predicted molar refractivity (Wildman–Crippen MR) is 135 cm³/mol. The van der Waals surface area contributed by atoms with Crippen LogP contribution in [0.15, 0.2) is 48.5 Å². The number of nitrogens with one attached hydrogen (secondary N) is 1. The molecule has 2 fully saturated rings. The zero-order valence-corrected chi connectivity index (χ0v) is 20.4. The van der Waals surface area contributed by atoms with Crippen molar-refractivity contribution in [1.29, 1.82) is 0 Å². The molecule has 172 valence electrons. The van der Waals surface area contributed by atoms with Crippen molar-refractivity contribution in [3.63, 3.8) is 0 Å². The molecule has 0 spiro atoms. The minimum Gasteiger partial charge on any atom is -0.484 e. The van der Waals surface area contributed by atoms with Crippen LogP contribution in [0.25, 0.3) is 0 Å². The van der Waals surface area contributed by atoms with Gasteiger partial charge in [-0.2, -0.15) is 0 Å². The van der Waals surface area contributed by atoms with E-state index in [1.807, 2.05) is 53.9 Å². The Morgan fingerprint density at radius 2 is 1.75 bits per heavy atom. The molecule has 2 aromatic rings. The van der Waals surface area contributed by atoms with Gasteiger partial charge in [0.2, 0.25) is 0 Å². The van der Waals surface area contributed by atoms with Gasteiger partial charge in [0.15, 0.2) is 6.61 Å². The van der Waals surface area contributed by atoms with Crippen molar-refractivity contribution in [2.45, 2.75) is 43.6 Å². The van der Waals surface area contributed by atoms with E-state index in [1.54, 1.807) is 0 Å². The number of rotatable bonds is 7. The Kier molecular flexibility index (Phi) is 8.41. The Morgan fingerprint density at radius 1 is 1.06 bits per heavy atom. The molecule has 2 heterocycles. The van der Waals surface area contributed by atoms with Crippen LogP contribution in [-0.4, -0.2) is 54.2 Å². The summed E-state index contributed by atoms with van der Waals surface area (Å²) < 4.78 is 12.1. The normalized spacial score (nSPS) is 22.4. The number of nitrogens with zero attached hydrogens (tertiary/aromatic N) is 1. The third kappa shape index (κ3) is 6.67. The molecule has 7 heteroatoms. The van der Waals surface area contributed by atoms with E-state index in [9.17, 15) is 4.79 Å². The monoisotopic (exact) mass is 472 g/mol. The average Bonchev–Trinajstić information content (AvgIpc) is 2.79. The molecule has 0 radical (unpaired) electrons. The third-order valence-electron chi connectivity index (χ3n) is 5.53. The molecule has 0 bridgehead atoms. The lowest BCUT2D eigenvalue weighted by Gasteiger charge is -2.35. The maximum absolute atomic E-state index is 12.6.